The molecule has 0 radical (unpaired) electrons. The average molecular weight is 280 g/mol. The molecule has 3 heteroatoms. The molecule has 0 saturated heterocycles. The monoisotopic (exact) mass is 280 g/mol. The lowest BCUT2D eigenvalue weighted by atomic mass is 9.98. The fraction of sp³-hybridized carbons (Fsp3) is 0.278. The van der Waals surface area contributed by atoms with Gasteiger partial charge < -0.3 is 9.67 Å². The number of fused-ring (bicyclic) bond motifs is 1. The summed E-state index contributed by atoms with van der Waals surface area (Å²) >= 11 is 0. The summed E-state index contributed by atoms with van der Waals surface area (Å²) in [6, 6.07) is 14.6. The minimum atomic E-state index is -0.413. The highest BCUT2D eigenvalue weighted by molar-refractivity contribution is 5.85. The molecule has 0 aliphatic rings. The molecule has 3 aromatic rings. The first-order valence-electron chi connectivity index (χ1n) is 7.42. The van der Waals surface area contributed by atoms with Crippen LogP contribution in [0.1, 0.15) is 18.3 Å². The van der Waals surface area contributed by atoms with Crippen molar-refractivity contribution in [3.05, 3.63) is 66.2 Å². The number of imidazole rings is 1. The van der Waals surface area contributed by atoms with Gasteiger partial charge in [0.05, 0.1) is 6.10 Å². The number of aromatic nitrogens is 2. The molecule has 0 aliphatic heterocycles. The number of aliphatic hydroxyl groups is 1. The van der Waals surface area contributed by atoms with Crippen LogP contribution in [0, 0.1) is 0 Å². The average Bonchev–Trinajstić information content (AvgIpc) is 2.94. The Balaban J connectivity index is 1.79. The van der Waals surface area contributed by atoms with E-state index in [1.165, 1.54) is 16.3 Å². The van der Waals surface area contributed by atoms with Crippen LogP contribution in [0.25, 0.3) is 10.8 Å². The van der Waals surface area contributed by atoms with E-state index in [9.17, 15) is 5.11 Å². The van der Waals surface area contributed by atoms with Crippen molar-refractivity contribution in [1.29, 1.82) is 0 Å². The first kappa shape index (κ1) is 13.8. The lowest BCUT2D eigenvalue weighted by molar-refractivity contribution is 0.172. The molecule has 2 aromatic carbocycles. The first-order valence-corrected chi connectivity index (χ1v) is 7.42. The quantitative estimate of drug-likeness (QED) is 0.779. The minimum absolute atomic E-state index is 0.413. The van der Waals surface area contributed by atoms with Gasteiger partial charge in [0, 0.05) is 25.4 Å². The van der Waals surface area contributed by atoms with Crippen molar-refractivity contribution in [1.82, 2.24) is 9.55 Å². The Morgan fingerprint density at radius 2 is 1.90 bits per heavy atom. The number of rotatable bonds is 5. The van der Waals surface area contributed by atoms with Crippen molar-refractivity contribution >= 4 is 10.8 Å². The topological polar surface area (TPSA) is 38.0 Å². The first-order chi connectivity index (χ1) is 10.3. The molecule has 0 bridgehead atoms. The molecule has 0 fully saturated rings. The Morgan fingerprint density at radius 1 is 1.10 bits per heavy atom. The van der Waals surface area contributed by atoms with Crippen LogP contribution < -0.4 is 0 Å². The number of nitrogens with zero attached hydrogens (tertiary/aromatic N) is 2. The fourth-order valence-electron chi connectivity index (χ4n) is 2.83. The maximum atomic E-state index is 10.4. The Labute approximate surface area is 124 Å². The van der Waals surface area contributed by atoms with Gasteiger partial charge in [-0.1, -0.05) is 42.5 Å². The maximum Gasteiger partial charge on any atom is 0.111 e. The largest absolute Gasteiger partial charge is 0.392 e. The van der Waals surface area contributed by atoms with Gasteiger partial charge in [0.15, 0.2) is 0 Å². The summed E-state index contributed by atoms with van der Waals surface area (Å²) in [4.78, 5) is 4.33. The predicted molar refractivity (Wildman–Crippen MR) is 85.3 cm³/mol. The van der Waals surface area contributed by atoms with Gasteiger partial charge in [-0.3, -0.25) is 0 Å². The number of hydrogen-bond acceptors (Lipinski definition) is 2. The summed E-state index contributed by atoms with van der Waals surface area (Å²) in [7, 11) is 0. The van der Waals surface area contributed by atoms with E-state index in [0.717, 1.165) is 12.4 Å². The summed E-state index contributed by atoms with van der Waals surface area (Å²) in [6.45, 7) is 2.97. The summed E-state index contributed by atoms with van der Waals surface area (Å²) < 4.78 is 2.08. The Morgan fingerprint density at radius 3 is 2.76 bits per heavy atom. The SMILES string of the molecule is CCn1ccnc1CC(O)Cc1cccc2ccccc12. The van der Waals surface area contributed by atoms with Crippen molar-refractivity contribution in [3.63, 3.8) is 0 Å². The lowest BCUT2D eigenvalue weighted by Crippen LogP contribution is -2.17. The second-order valence-corrected chi connectivity index (χ2v) is 5.33. The Hall–Kier alpha value is -2.13. The molecule has 0 saturated carbocycles. The molecule has 0 spiro atoms. The van der Waals surface area contributed by atoms with Crippen LogP contribution in [0.15, 0.2) is 54.9 Å². The highest BCUT2D eigenvalue weighted by atomic mass is 16.3. The smallest absolute Gasteiger partial charge is 0.111 e. The molecule has 1 aromatic heterocycles. The van der Waals surface area contributed by atoms with Gasteiger partial charge >= 0.3 is 0 Å². The van der Waals surface area contributed by atoms with Crippen LogP contribution in [0.3, 0.4) is 0 Å². The number of aliphatic hydroxyl groups excluding tert-OH is 1. The van der Waals surface area contributed by atoms with E-state index < -0.39 is 6.10 Å². The van der Waals surface area contributed by atoms with Crippen LogP contribution in [-0.2, 0) is 19.4 Å². The van der Waals surface area contributed by atoms with E-state index in [1.807, 2.05) is 18.3 Å². The molecular weight excluding hydrogens is 260 g/mol. The van der Waals surface area contributed by atoms with Crippen molar-refractivity contribution in [3.8, 4) is 0 Å². The second-order valence-electron chi connectivity index (χ2n) is 5.33. The van der Waals surface area contributed by atoms with Gasteiger partial charge in [-0.05, 0) is 29.7 Å². The second kappa shape index (κ2) is 6.10. The van der Waals surface area contributed by atoms with Gasteiger partial charge in [-0.25, -0.2) is 4.98 Å². The van der Waals surface area contributed by atoms with E-state index in [1.54, 1.807) is 6.20 Å². The standard InChI is InChI=1S/C18H20N2O/c1-2-20-11-10-19-18(20)13-16(21)12-15-8-5-7-14-6-3-4-9-17(14)15/h3-11,16,21H,2,12-13H2,1H3. The minimum Gasteiger partial charge on any atom is -0.392 e. The van der Waals surface area contributed by atoms with E-state index in [-0.39, 0.29) is 0 Å². The molecule has 1 unspecified atom stereocenters. The van der Waals surface area contributed by atoms with Crippen LogP contribution in [0.2, 0.25) is 0 Å². The van der Waals surface area contributed by atoms with Crippen LogP contribution in [0.5, 0.6) is 0 Å². The highest BCUT2D eigenvalue weighted by Crippen LogP contribution is 2.20. The van der Waals surface area contributed by atoms with Crippen molar-refractivity contribution in [2.45, 2.75) is 32.4 Å². The summed E-state index contributed by atoms with van der Waals surface area (Å²) in [5.74, 6) is 0.949. The Bertz CT molecular complexity index is 727. The fourth-order valence-corrected chi connectivity index (χ4v) is 2.83. The van der Waals surface area contributed by atoms with Gasteiger partial charge in [0.2, 0.25) is 0 Å². The summed E-state index contributed by atoms with van der Waals surface area (Å²) in [5.41, 5.74) is 1.19. The highest BCUT2D eigenvalue weighted by Gasteiger charge is 2.12. The van der Waals surface area contributed by atoms with E-state index >= 15 is 0 Å². The molecule has 21 heavy (non-hydrogen) atoms. The molecule has 108 valence electrons. The molecule has 1 N–H and O–H groups in total. The maximum absolute atomic E-state index is 10.4. The third kappa shape index (κ3) is 2.98. The van der Waals surface area contributed by atoms with Crippen molar-refractivity contribution in [2.24, 2.45) is 0 Å². The number of hydrogen-bond donors (Lipinski definition) is 1. The Kier molecular flexibility index (Phi) is 4.02. The van der Waals surface area contributed by atoms with Gasteiger partial charge in [-0.2, -0.15) is 0 Å². The van der Waals surface area contributed by atoms with E-state index in [4.69, 9.17) is 0 Å². The number of benzene rings is 2. The molecule has 1 atom stereocenters. The zero-order chi connectivity index (χ0) is 14.7. The van der Waals surface area contributed by atoms with Crippen LogP contribution in [-0.4, -0.2) is 20.8 Å². The van der Waals surface area contributed by atoms with Crippen molar-refractivity contribution in [2.75, 3.05) is 0 Å². The van der Waals surface area contributed by atoms with E-state index in [2.05, 4.69) is 46.8 Å². The lowest BCUT2D eigenvalue weighted by Gasteiger charge is -2.13. The van der Waals surface area contributed by atoms with Crippen molar-refractivity contribution < 1.29 is 5.11 Å². The summed E-state index contributed by atoms with van der Waals surface area (Å²) in [6.07, 6.45) is 4.58. The van der Waals surface area contributed by atoms with Gasteiger partial charge in [0.1, 0.15) is 5.82 Å². The zero-order valence-corrected chi connectivity index (χ0v) is 12.2. The molecule has 0 aliphatic carbocycles. The van der Waals surface area contributed by atoms with Gasteiger partial charge in [0.25, 0.3) is 0 Å². The van der Waals surface area contributed by atoms with Crippen LogP contribution >= 0.6 is 0 Å². The van der Waals surface area contributed by atoms with Gasteiger partial charge in [-0.15, -0.1) is 0 Å². The molecular formula is C18H20N2O. The predicted octanol–water partition coefficient (Wildman–Crippen LogP) is 3.20. The number of aryl methyl sites for hydroxylation is 1. The normalized spacial score (nSPS) is 12.7. The molecule has 1 heterocycles. The third-order valence-electron chi connectivity index (χ3n) is 3.90. The molecule has 0 amide bonds. The van der Waals surface area contributed by atoms with E-state index in [0.29, 0.717) is 12.8 Å². The van der Waals surface area contributed by atoms with Crippen LogP contribution in [0.4, 0.5) is 0 Å². The molecule has 3 nitrogen and oxygen atoms in total. The zero-order valence-electron chi connectivity index (χ0n) is 12.2. The third-order valence-corrected chi connectivity index (χ3v) is 3.90. The summed E-state index contributed by atoms with van der Waals surface area (Å²) in [5, 5.41) is 12.8. The molecule has 3 rings (SSSR count).